The van der Waals surface area contributed by atoms with Crippen molar-refractivity contribution >= 4 is 5.91 Å². The molecule has 2 aromatic carbocycles. The lowest BCUT2D eigenvalue weighted by Gasteiger charge is -2.26. The van der Waals surface area contributed by atoms with Crippen molar-refractivity contribution < 1.29 is 14.4 Å². The third kappa shape index (κ3) is 5.11. The summed E-state index contributed by atoms with van der Waals surface area (Å²) in [5, 5.41) is 0. The van der Waals surface area contributed by atoms with Crippen LogP contribution in [0.3, 0.4) is 0 Å². The van der Waals surface area contributed by atoms with Crippen LogP contribution in [0.5, 0.6) is 5.75 Å². The van der Waals surface area contributed by atoms with Crippen LogP contribution in [0.2, 0.25) is 0 Å². The average molecular weight is 313 g/mol. The van der Waals surface area contributed by atoms with Crippen LogP contribution in [-0.4, -0.2) is 18.1 Å². The molecule has 2 aromatic rings. The Morgan fingerprint density at radius 2 is 1.48 bits per heavy atom. The average Bonchev–Trinajstić information content (AvgIpc) is 2.62. The van der Waals surface area contributed by atoms with Gasteiger partial charge >= 0.3 is 0 Å². The molecule has 0 saturated carbocycles. The second kappa shape index (κ2) is 8.96. The largest absolute Gasteiger partial charge is 0.488 e. The molecule has 0 unspecified atom stereocenters. The van der Waals surface area contributed by atoms with Crippen molar-refractivity contribution in [3.8, 4) is 5.75 Å². The number of ether oxygens (including phenoxy) is 1. The number of amides is 1. The smallest absolute Gasteiger partial charge is 0.274 e. The minimum absolute atomic E-state index is 0.126. The Morgan fingerprint density at radius 1 is 0.913 bits per heavy atom. The van der Waals surface area contributed by atoms with Crippen LogP contribution >= 0.6 is 0 Å². The van der Waals surface area contributed by atoms with Crippen molar-refractivity contribution in [3.05, 3.63) is 66.2 Å². The van der Waals surface area contributed by atoms with Gasteiger partial charge in [0.2, 0.25) is 0 Å². The Kier molecular flexibility index (Phi) is 6.63. The first-order valence-electron chi connectivity index (χ1n) is 7.97. The van der Waals surface area contributed by atoms with Crippen molar-refractivity contribution in [3.63, 3.8) is 0 Å². The fraction of sp³-hybridized carbons (Fsp3) is 0.316. The number of carbonyl (C=O) groups is 1. The molecule has 1 amide bonds. The molecule has 23 heavy (non-hydrogen) atoms. The zero-order chi connectivity index (χ0) is 16.5. The van der Waals surface area contributed by atoms with Crippen LogP contribution in [0.4, 0.5) is 0 Å². The van der Waals surface area contributed by atoms with E-state index in [1.165, 1.54) is 0 Å². The highest BCUT2D eigenvalue weighted by atomic mass is 16.7. The second-order valence-corrected chi connectivity index (χ2v) is 5.24. The second-order valence-electron chi connectivity index (χ2n) is 5.24. The standard InChI is InChI=1S/C19H23NO3/c1-3-17(22-16-13-9-6-10-14-16)18(4-2)23-20-19(21)15-11-7-5-8-12-15/h5-14,17-18H,3-4H2,1-2H3,(H,20,21)/t17-,18-/m0/s1. The van der Waals surface area contributed by atoms with Crippen molar-refractivity contribution in [1.29, 1.82) is 0 Å². The van der Waals surface area contributed by atoms with Gasteiger partial charge in [-0.2, -0.15) is 0 Å². The van der Waals surface area contributed by atoms with Crippen LogP contribution in [0, 0.1) is 0 Å². The van der Waals surface area contributed by atoms with Gasteiger partial charge in [-0.1, -0.05) is 50.2 Å². The van der Waals surface area contributed by atoms with Crippen molar-refractivity contribution in [2.45, 2.75) is 38.9 Å². The van der Waals surface area contributed by atoms with Crippen molar-refractivity contribution in [2.75, 3.05) is 0 Å². The van der Waals surface area contributed by atoms with Gasteiger partial charge in [-0.05, 0) is 37.1 Å². The highest BCUT2D eigenvalue weighted by molar-refractivity contribution is 5.93. The number of carbonyl (C=O) groups excluding carboxylic acids is 1. The van der Waals surface area contributed by atoms with Gasteiger partial charge in [0.15, 0.2) is 0 Å². The summed E-state index contributed by atoms with van der Waals surface area (Å²) < 4.78 is 5.98. The molecule has 0 heterocycles. The van der Waals surface area contributed by atoms with Gasteiger partial charge in [-0.25, -0.2) is 5.48 Å². The molecule has 0 radical (unpaired) electrons. The first-order valence-corrected chi connectivity index (χ1v) is 7.97. The Bertz CT molecular complexity index is 586. The van der Waals surface area contributed by atoms with Crippen LogP contribution in [-0.2, 0) is 4.84 Å². The maximum absolute atomic E-state index is 12.1. The van der Waals surface area contributed by atoms with Gasteiger partial charge in [-0.3, -0.25) is 9.63 Å². The SMILES string of the molecule is CC[C@H](ONC(=O)c1ccccc1)[C@H](CC)Oc1ccccc1. The zero-order valence-electron chi connectivity index (χ0n) is 13.6. The molecule has 0 saturated heterocycles. The third-order valence-electron chi connectivity index (χ3n) is 3.59. The van der Waals surface area contributed by atoms with Gasteiger partial charge in [0.25, 0.3) is 5.91 Å². The summed E-state index contributed by atoms with van der Waals surface area (Å²) >= 11 is 0. The van der Waals surface area contributed by atoms with E-state index >= 15 is 0 Å². The molecule has 122 valence electrons. The molecule has 0 aromatic heterocycles. The monoisotopic (exact) mass is 313 g/mol. The maximum atomic E-state index is 12.1. The molecule has 4 heteroatoms. The van der Waals surface area contributed by atoms with Crippen molar-refractivity contribution in [1.82, 2.24) is 5.48 Å². The lowest BCUT2D eigenvalue weighted by atomic mass is 10.1. The molecule has 0 bridgehead atoms. The Morgan fingerprint density at radius 3 is 2.04 bits per heavy atom. The summed E-state index contributed by atoms with van der Waals surface area (Å²) in [4.78, 5) is 17.7. The van der Waals surface area contributed by atoms with Crippen molar-refractivity contribution in [2.24, 2.45) is 0 Å². The zero-order valence-corrected chi connectivity index (χ0v) is 13.6. The molecule has 0 aliphatic rings. The molecular weight excluding hydrogens is 290 g/mol. The molecule has 2 rings (SSSR count). The van der Waals surface area contributed by atoms with Crippen LogP contribution in [0.25, 0.3) is 0 Å². The first kappa shape index (κ1) is 17.0. The van der Waals surface area contributed by atoms with Gasteiger partial charge < -0.3 is 4.74 Å². The van der Waals surface area contributed by atoms with E-state index in [0.717, 1.165) is 18.6 Å². The number of hydrogen-bond donors (Lipinski definition) is 1. The lowest BCUT2D eigenvalue weighted by Crippen LogP contribution is -2.39. The Balaban J connectivity index is 1.93. The number of nitrogens with one attached hydrogen (secondary N) is 1. The minimum Gasteiger partial charge on any atom is -0.488 e. The topological polar surface area (TPSA) is 47.6 Å². The number of benzene rings is 2. The highest BCUT2D eigenvalue weighted by Crippen LogP contribution is 2.17. The van der Waals surface area contributed by atoms with E-state index in [2.05, 4.69) is 5.48 Å². The Labute approximate surface area is 137 Å². The number of hydrogen-bond acceptors (Lipinski definition) is 3. The number of para-hydroxylation sites is 1. The van der Waals surface area contributed by atoms with Gasteiger partial charge in [0, 0.05) is 5.56 Å². The summed E-state index contributed by atoms with van der Waals surface area (Å²) in [6, 6.07) is 18.6. The van der Waals surface area contributed by atoms with E-state index < -0.39 is 0 Å². The fourth-order valence-electron chi connectivity index (χ4n) is 2.30. The molecule has 0 aliphatic heterocycles. The molecule has 0 fully saturated rings. The summed E-state index contributed by atoms with van der Waals surface area (Å²) in [6.07, 6.45) is 1.18. The minimum atomic E-state index is -0.251. The third-order valence-corrected chi connectivity index (χ3v) is 3.59. The van der Waals surface area contributed by atoms with Crippen LogP contribution in [0.15, 0.2) is 60.7 Å². The summed E-state index contributed by atoms with van der Waals surface area (Å²) in [7, 11) is 0. The van der Waals surface area contributed by atoms with Gasteiger partial charge in [0.1, 0.15) is 18.0 Å². The predicted octanol–water partition coefficient (Wildman–Crippen LogP) is 3.98. The maximum Gasteiger partial charge on any atom is 0.274 e. The number of rotatable bonds is 8. The fourth-order valence-corrected chi connectivity index (χ4v) is 2.30. The van der Waals surface area contributed by atoms with E-state index in [-0.39, 0.29) is 18.1 Å². The normalized spacial score (nSPS) is 13.1. The quantitative estimate of drug-likeness (QED) is 0.750. The molecule has 2 atom stereocenters. The predicted molar refractivity (Wildman–Crippen MR) is 90.2 cm³/mol. The molecular formula is C19H23NO3. The molecule has 4 nitrogen and oxygen atoms in total. The molecule has 0 aliphatic carbocycles. The van der Waals surface area contributed by atoms with E-state index in [4.69, 9.17) is 9.57 Å². The van der Waals surface area contributed by atoms with Gasteiger partial charge in [-0.15, -0.1) is 0 Å². The van der Waals surface area contributed by atoms with Crippen LogP contribution in [0.1, 0.15) is 37.0 Å². The molecule has 0 spiro atoms. The van der Waals surface area contributed by atoms with E-state index in [1.54, 1.807) is 12.1 Å². The first-order chi connectivity index (χ1) is 11.2. The summed E-state index contributed by atoms with van der Waals surface area (Å²) in [5.41, 5.74) is 3.10. The van der Waals surface area contributed by atoms with E-state index in [9.17, 15) is 4.79 Å². The highest BCUT2D eigenvalue weighted by Gasteiger charge is 2.22. The molecule has 1 N–H and O–H groups in total. The van der Waals surface area contributed by atoms with E-state index in [0.29, 0.717) is 5.56 Å². The van der Waals surface area contributed by atoms with E-state index in [1.807, 2.05) is 62.4 Å². The summed E-state index contributed by atoms with van der Waals surface area (Å²) in [6.45, 7) is 4.05. The van der Waals surface area contributed by atoms with Gasteiger partial charge in [0.05, 0.1) is 0 Å². The van der Waals surface area contributed by atoms with Crippen LogP contribution < -0.4 is 10.2 Å². The summed E-state index contributed by atoms with van der Waals surface area (Å²) in [5.74, 6) is 0.550. The Hall–Kier alpha value is -2.33. The number of hydroxylamine groups is 1. The lowest BCUT2D eigenvalue weighted by molar-refractivity contribution is -0.0694.